The maximum absolute atomic E-state index is 12.7. The Labute approximate surface area is 123 Å². The molecule has 21 heavy (non-hydrogen) atoms. The van der Waals surface area contributed by atoms with Crippen molar-refractivity contribution < 1.29 is 19.5 Å². The van der Waals surface area contributed by atoms with Gasteiger partial charge in [0.1, 0.15) is 0 Å². The molecule has 0 spiro atoms. The van der Waals surface area contributed by atoms with E-state index in [0.29, 0.717) is 24.1 Å². The van der Waals surface area contributed by atoms with Crippen molar-refractivity contribution in [3.05, 3.63) is 29.3 Å². The first-order valence-corrected chi connectivity index (χ1v) is 7.07. The van der Waals surface area contributed by atoms with E-state index in [1.807, 2.05) is 13.8 Å². The molecule has 1 N–H and O–H groups in total. The van der Waals surface area contributed by atoms with Gasteiger partial charge in [-0.05, 0) is 43.5 Å². The van der Waals surface area contributed by atoms with Crippen molar-refractivity contribution in [3.8, 4) is 0 Å². The summed E-state index contributed by atoms with van der Waals surface area (Å²) in [5.41, 5.74) is 0.626. The number of carbonyl (C=O) groups excluding carboxylic acids is 2. The molecular weight excluding hydrogens is 270 g/mol. The van der Waals surface area contributed by atoms with Crippen molar-refractivity contribution in [2.24, 2.45) is 5.41 Å². The number of aromatic carboxylic acids is 1. The topological polar surface area (TPSA) is 74.7 Å². The van der Waals surface area contributed by atoms with E-state index < -0.39 is 11.4 Å². The summed E-state index contributed by atoms with van der Waals surface area (Å²) < 4.78 is 0. The van der Waals surface area contributed by atoms with Crippen LogP contribution in [-0.2, 0) is 9.59 Å². The number of amides is 2. The van der Waals surface area contributed by atoms with Gasteiger partial charge in [0.25, 0.3) is 0 Å². The van der Waals surface area contributed by atoms with Gasteiger partial charge in [0.05, 0.1) is 16.7 Å². The molecule has 1 aliphatic rings. The van der Waals surface area contributed by atoms with Crippen LogP contribution >= 0.6 is 0 Å². The van der Waals surface area contributed by atoms with Gasteiger partial charge in [0.15, 0.2) is 0 Å². The van der Waals surface area contributed by atoms with Crippen molar-refractivity contribution in [3.63, 3.8) is 0 Å². The predicted octanol–water partition coefficient (Wildman–Crippen LogP) is 2.76. The third-order valence-electron chi connectivity index (χ3n) is 4.43. The lowest BCUT2D eigenvalue weighted by molar-refractivity contribution is -0.126. The zero-order valence-electron chi connectivity index (χ0n) is 12.5. The van der Waals surface area contributed by atoms with Crippen LogP contribution in [0.4, 0.5) is 5.69 Å². The minimum atomic E-state index is -1.03. The number of benzene rings is 1. The summed E-state index contributed by atoms with van der Waals surface area (Å²) in [4.78, 5) is 37.1. The number of aryl methyl sites for hydroxylation is 1. The standard InChI is InChI=1S/C16H19NO4/c1-4-16(5-2)9-13(18)17(15(16)21)12-7-6-11(14(19)20)8-10(12)3/h6-8H,4-5,9H2,1-3H3,(H,19,20). The second kappa shape index (κ2) is 5.31. The van der Waals surface area contributed by atoms with Crippen LogP contribution in [0, 0.1) is 12.3 Å². The molecule has 0 bridgehead atoms. The lowest BCUT2D eigenvalue weighted by Gasteiger charge is -2.24. The number of carbonyl (C=O) groups is 3. The van der Waals surface area contributed by atoms with Crippen LogP contribution in [0.25, 0.3) is 0 Å². The van der Waals surface area contributed by atoms with E-state index in [2.05, 4.69) is 0 Å². The highest BCUT2D eigenvalue weighted by molar-refractivity contribution is 6.23. The molecule has 1 aliphatic heterocycles. The van der Waals surface area contributed by atoms with E-state index in [1.165, 1.54) is 23.1 Å². The summed E-state index contributed by atoms with van der Waals surface area (Å²) in [5.74, 6) is -1.42. The Morgan fingerprint density at radius 1 is 1.29 bits per heavy atom. The fourth-order valence-electron chi connectivity index (χ4n) is 2.88. The number of rotatable bonds is 4. The molecule has 0 aromatic heterocycles. The number of nitrogens with zero attached hydrogens (tertiary/aromatic N) is 1. The van der Waals surface area contributed by atoms with Crippen LogP contribution < -0.4 is 4.90 Å². The van der Waals surface area contributed by atoms with Gasteiger partial charge in [-0.2, -0.15) is 0 Å². The van der Waals surface area contributed by atoms with E-state index in [4.69, 9.17) is 5.11 Å². The molecular formula is C16H19NO4. The van der Waals surface area contributed by atoms with Crippen LogP contribution in [0.2, 0.25) is 0 Å². The summed E-state index contributed by atoms with van der Waals surface area (Å²) in [7, 11) is 0. The van der Waals surface area contributed by atoms with Crippen molar-refractivity contribution >= 4 is 23.5 Å². The molecule has 2 rings (SSSR count). The number of carboxylic acid groups (broad SMARTS) is 1. The minimum absolute atomic E-state index is 0.146. The minimum Gasteiger partial charge on any atom is -0.478 e. The Kier molecular flexibility index (Phi) is 3.85. The lowest BCUT2D eigenvalue weighted by Crippen LogP contribution is -2.35. The monoisotopic (exact) mass is 289 g/mol. The van der Waals surface area contributed by atoms with Gasteiger partial charge in [-0.25, -0.2) is 9.69 Å². The third-order valence-corrected chi connectivity index (χ3v) is 4.43. The molecule has 0 unspecified atom stereocenters. The number of hydrogen-bond donors (Lipinski definition) is 1. The van der Waals surface area contributed by atoms with Crippen LogP contribution in [-0.4, -0.2) is 22.9 Å². The van der Waals surface area contributed by atoms with E-state index in [0.717, 1.165) is 0 Å². The normalized spacial score (nSPS) is 17.4. The molecule has 2 amide bonds. The molecule has 5 heteroatoms. The van der Waals surface area contributed by atoms with Gasteiger partial charge in [-0.15, -0.1) is 0 Å². The SMILES string of the molecule is CCC1(CC)CC(=O)N(c2ccc(C(=O)O)cc2C)C1=O. The van der Waals surface area contributed by atoms with E-state index in [-0.39, 0.29) is 23.8 Å². The third kappa shape index (κ3) is 2.33. The summed E-state index contributed by atoms with van der Waals surface area (Å²) in [5, 5.41) is 8.98. The van der Waals surface area contributed by atoms with E-state index >= 15 is 0 Å². The Bertz CT molecular complexity index is 617. The molecule has 0 aliphatic carbocycles. The molecule has 1 saturated heterocycles. The molecule has 1 heterocycles. The van der Waals surface area contributed by atoms with E-state index in [9.17, 15) is 14.4 Å². The Morgan fingerprint density at radius 2 is 1.90 bits per heavy atom. The number of anilines is 1. The molecule has 1 aromatic carbocycles. The Hall–Kier alpha value is -2.17. The second-order valence-electron chi connectivity index (χ2n) is 5.50. The highest BCUT2D eigenvalue weighted by atomic mass is 16.4. The van der Waals surface area contributed by atoms with Crippen molar-refractivity contribution in [1.29, 1.82) is 0 Å². The molecule has 0 saturated carbocycles. The Morgan fingerprint density at radius 3 is 2.33 bits per heavy atom. The van der Waals surface area contributed by atoms with Crippen LogP contribution in [0.1, 0.15) is 49.0 Å². The van der Waals surface area contributed by atoms with Crippen LogP contribution in [0.5, 0.6) is 0 Å². The second-order valence-corrected chi connectivity index (χ2v) is 5.50. The molecule has 1 fully saturated rings. The maximum Gasteiger partial charge on any atom is 0.335 e. The van der Waals surface area contributed by atoms with Gasteiger partial charge < -0.3 is 5.11 Å². The van der Waals surface area contributed by atoms with Crippen molar-refractivity contribution in [2.75, 3.05) is 4.90 Å². The van der Waals surface area contributed by atoms with Gasteiger partial charge in [-0.1, -0.05) is 13.8 Å². The fourth-order valence-corrected chi connectivity index (χ4v) is 2.88. The van der Waals surface area contributed by atoms with Gasteiger partial charge in [0, 0.05) is 6.42 Å². The Balaban J connectivity index is 2.45. The molecule has 0 radical (unpaired) electrons. The van der Waals surface area contributed by atoms with Gasteiger partial charge >= 0.3 is 5.97 Å². The first-order chi connectivity index (χ1) is 9.86. The number of carboxylic acids is 1. The smallest absolute Gasteiger partial charge is 0.335 e. The van der Waals surface area contributed by atoms with Crippen molar-refractivity contribution in [2.45, 2.75) is 40.0 Å². The van der Waals surface area contributed by atoms with Gasteiger partial charge in [-0.3, -0.25) is 9.59 Å². The van der Waals surface area contributed by atoms with Gasteiger partial charge in [0.2, 0.25) is 11.8 Å². The number of hydrogen-bond acceptors (Lipinski definition) is 3. The molecule has 112 valence electrons. The molecule has 0 atom stereocenters. The largest absolute Gasteiger partial charge is 0.478 e. The average Bonchev–Trinajstić information content (AvgIpc) is 2.70. The summed E-state index contributed by atoms with van der Waals surface area (Å²) in [6.07, 6.45) is 1.46. The quantitative estimate of drug-likeness (QED) is 0.865. The molecule has 1 aromatic rings. The average molecular weight is 289 g/mol. The molecule has 5 nitrogen and oxygen atoms in total. The van der Waals surface area contributed by atoms with E-state index in [1.54, 1.807) is 6.92 Å². The zero-order valence-corrected chi connectivity index (χ0v) is 12.5. The van der Waals surface area contributed by atoms with Crippen LogP contribution in [0.3, 0.4) is 0 Å². The zero-order chi connectivity index (χ0) is 15.8. The highest BCUT2D eigenvalue weighted by Gasteiger charge is 2.49. The van der Waals surface area contributed by atoms with Crippen LogP contribution in [0.15, 0.2) is 18.2 Å². The fraction of sp³-hybridized carbons (Fsp3) is 0.438. The predicted molar refractivity (Wildman–Crippen MR) is 78.3 cm³/mol. The van der Waals surface area contributed by atoms with Crippen molar-refractivity contribution in [1.82, 2.24) is 0 Å². The first kappa shape index (κ1) is 15.2. The summed E-state index contributed by atoms with van der Waals surface area (Å²) in [6.45, 7) is 5.54. The first-order valence-electron chi connectivity index (χ1n) is 7.07. The number of imide groups is 1. The maximum atomic E-state index is 12.7. The summed E-state index contributed by atoms with van der Waals surface area (Å²) >= 11 is 0. The lowest BCUT2D eigenvalue weighted by atomic mass is 9.81. The summed E-state index contributed by atoms with van der Waals surface area (Å²) in [6, 6.07) is 4.44. The highest BCUT2D eigenvalue weighted by Crippen LogP contribution is 2.41.